The second kappa shape index (κ2) is 80.4. The number of carbonyl (C=O) groups is 3. The number of ether oxygens (including phenoxy) is 3. The first-order valence-electron chi connectivity index (χ1n) is 41.4. The first-order chi connectivity index (χ1) is 52.2. The van der Waals surface area contributed by atoms with Gasteiger partial charge in [0.2, 0.25) is 0 Å². The van der Waals surface area contributed by atoms with Crippen molar-refractivity contribution in [3.8, 4) is 0 Å². The van der Waals surface area contributed by atoms with Crippen LogP contribution in [0.5, 0.6) is 0 Å². The highest BCUT2D eigenvalue weighted by Crippen LogP contribution is 2.45. The van der Waals surface area contributed by atoms with Gasteiger partial charge < -0.3 is 34.2 Å². The smallest absolute Gasteiger partial charge is 0.463 e. The van der Waals surface area contributed by atoms with Crippen LogP contribution in [0, 0.1) is 0 Å². The quantitative estimate of drug-likeness (QED) is 0.0146. The molecule has 0 aromatic rings. The Kier molecular flexibility index (Phi) is 76.6. The van der Waals surface area contributed by atoms with Crippen molar-refractivity contribution in [2.45, 2.75) is 334 Å². The zero-order valence-electron chi connectivity index (χ0n) is 66.7. The summed E-state index contributed by atoms with van der Waals surface area (Å²) in [6.45, 7) is 2.39. The lowest BCUT2D eigenvalue weighted by atomic mass is 10.0. The van der Waals surface area contributed by atoms with Crippen LogP contribution in [0.1, 0.15) is 316 Å². The molecule has 0 amide bonds. The number of allylic oxidation sites excluding steroid dienone is 28. The van der Waals surface area contributed by atoms with Crippen LogP contribution in [0.25, 0.3) is 0 Å². The fraction of sp³-hybridized carbons (Fsp3) is 0.652. The summed E-state index contributed by atoms with van der Waals surface area (Å²) >= 11 is 0. The lowest BCUT2D eigenvalue weighted by molar-refractivity contribution is -0.161. The number of phosphoric ester groups is 2. The van der Waals surface area contributed by atoms with E-state index < -0.39 is 91.5 Å². The van der Waals surface area contributed by atoms with Gasteiger partial charge in [-0.05, 0) is 154 Å². The topological polar surface area (TPSA) is 231 Å². The van der Waals surface area contributed by atoms with E-state index in [4.69, 9.17) is 32.3 Å². The number of rotatable bonds is 77. The summed E-state index contributed by atoms with van der Waals surface area (Å²) in [4.78, 5) is 58.8. The predicted molar refractivity (Wildman–Crippen MR) is 445 cm³/mol. The number of phosphoric acid groups is 2. The first-order valence-corrected chi connectivity index (χ1v) is 44.4. The van der Waals surface area contributed by atoms with Crippen LogP contribution in [0.15, 0.2) is 170 Å². The van der Waals surface area contributed by atoms with Gasteiger partial charge in [-0.3, -0.25) is 32.5 Å². The Morgan fingerprint density at radius 2 is 0.495 bits per heavy atom. The van der Waals surface area contributed by atoms with Crippen LogP contribution >= 0.6 is 15.6 Å². The highest BCUT2D eigenvalue weighted by atomic mass is 31.2. The van der Waals surface area contributed by atoms with Gasteiger partial charge in [0.15, 0.2) is 6.10 Å². The van der Waals surface area contributed by atoms with Crippen molar-refractivity contribution in [1.82, 2.24) is 0 Å². The molecule has 0 saturated heterocycles. The minimum atomic E-state index is -4.95. The van der Waals surface area contributed by atoms with E-state index in [-0.39, 0.29) is 19.3 Å². The summed E-state index contributed by atoms with van der Waals surface area (Å²) < 4.78 is 61.3. The van der Waals surface area contributed by atoms with E-state index in [9.17, 15) is 43.5 Å². The van der Waals surface area contributed by atoms with Gasteiger partial charge >= 0.3 is 33.6 Å². The first kappa shape index (κ1) is 102. The number of unbranched alkanes of at least 4 members (excludes halogenated alkanes) is 26. The summed E-state index contributed by atoms with van der Waals surface area (Å²) in [5.41, 5.74) is 0. The van der Waals surface area contributed by atoms with Gasteiger partial charge in [0.25, 0.3) is 0 Å². The van der Waals surface area contributed by atoms with Gasteiger partial charge in [0, 0.05) is 19.3 Å². The highest BCUT2D eigenvalue weighted by Gasteiger charge is 2.29. The van der Waals surface area contributed by atoms with Crippen molar-refractivity contribution < 1.29 is 75.8 Å². The van der Waals surface area contributed by atoms with Crippen LogP contribution < -0.4 is 0 Å². The largest absolute Gasteiger partial charge is 0.472 e. The average molecular weight is 1540 g/mol. The summed E-state index contributed by atoms with van der Waals surface area (Å²) in [6, 6.07) is 0. The third-order valence-corrected chi connectivity index (χ3v) is 18.8. The Balaban J connectivity index is 4.69. The van der Waals surface area contributed by atoms with E-state index in [0.29, 0.717) is 19.3 Å². The van der Waals surface area contributed by atoms with Gasteiger partial charge in [0.1, 0.15) is 25.4 Å². The van der Waals surface area contributed by atoms with Crippen LogP contribution in [0.3, 0.4) is 0 Å². The Hall–Kier alpha value is -5.09. The van der Waals surface area contributed by atoms with Crippen LogP contribution in [-0.2, 0) is 55.8 Å². The van der Waals surface area contributed by atoms with E-state index in [1.807, 2.05) is 0 Å². The maximum absolute atomic E-state index is 13.0. The molecule has 0 radical (unpaired) electrons. The molecule has 107 heavy (non-hydrogen) atoms. The van der Waals surface area contributed by atoms with Gasteiger partial charge in [-0.2, -0.15) is 0 Å². The third kappa shape index (κ3) is 81.7. The van der Waals surface area contributed by atoms with Crippen molar-refractivity contribution in [2.24, 2.45) is 0 Å². The fourth-order valence-corrected chi connectivity index (χ4v) is 12.3. The Bertz CT molecular complexity index is 2620. The van der Waals surface area contributed by atoms with Crippen LogP contribution in [0.2, 0.25) is 0 Å². The summed E-state index contributed by atoms with van der Waals surface area (Å²) in [6.07, 6.45) is 102. The Labute approximate surface area is 650 Å². The second-order valence-corrected chi connectivity index (χ2v) is 30.1. The molecule has 0 aliphatic rings. The molecule has 4 N–H and O–H groups in total. The van der Waals surface area contributed by atoms with Crippen molar-refractivity contribution in [3.63, 3.8) is 0 Å². The number of esters is 3. The zero-order chi connectivity index (χ0) is 78.0. The van der Waals surface area contributed by atoms with E-state index in [2.05, 4.69) is 191 Å². The number of aliphatic hydroxyl groups is 2. The monoisotopic (exact) mass is 1540 g/mol. The third-order valence-electron chi connectivity index (χ3n) is 16.9. The maximum Gasteiger partial charge on any atom is 0.472 e. The molecular formula is C89H148O16P2. The summed E-state index contributed by atoms with van der Waals surface area (Å²) in [5.74, 6) is -1.62. The van der Waals surface area contributed by atoms with E-state index in [0.717, 1.165) is 186 Å². The van der Waals surface area contributed by atoms with E-state index in [1.54, 1.807) is 0 Å². The van der Waals surface area contributed by atoms with Gasteiger partial charge in [0.05, 0.1) is 26.4 Å². The Morgan fingerprint density at radius 3 is 0.785 bits per heavy atom. The molecule has 0 fully saturated rings. The molecule has 0 saturated carbocycles. The SMILES string of the molecule is CC/C=C\C/C=C\C/C=C\C/C=C\C/C=C\CCCCCCCCCCCCCC(=O)OCC(O)COP(=O)(O)OCC(O)COP(=O)(O)OCC(COC(=O)CCCCCCCCC/C=C\C/C=C\C/C=C\C/C=C\CCCCC)OC(=O)CCCCCCC/C=C\C/C=C\C/C=C\C/C=C\C/C=C\CC. The van der Waals surface area contributed by atoms with Crippen molar-refractivity contribution >= 4 is 33.6 Å². The highest BCUT2D eigenvalue weighted by molar-refractivity contribution is 7.47. The lowest BCUT2D eigenvalue weighted by Gasteiger charge is -2.21. The second-order valence-electron chi connectivity index (χ2n) is 27.2. The lowest BCUT2D eigenvalue weighted by Crippen LogP contribution is -2.30. The average Bonchev–Trinajstić information content (AvgIpc) is 0.903. The molecule has 610 valence electrons. The molecule has 0 heterocycles. The van der Waals surface area contributed by atoms with Gasteiger partial charge in [-0.1, -0.05) is 313 Å². The van der Waals surface area contributed by atoms with E-state index in [1.165, 1.54) is 70.6 Å². The molecule has 0 spiro atoms. The molecular weight excluding hydrogens is 1390 g/mol. The minimum Gasteiger partial charge on any atom is -0.463 e. The van der Waals surface area contributed by atoms with Crippen molar-refractivity contribution in [1.29, 1.82) is 0 Å². The molecule has 0 bridgehead atoms. The molecule has 0 aromatic carbocycles. The van der Waals surface area contributed by atoms with E-state index >= 15 is 0 Å². The zero-order valence-corrected chi connectivity index (χ0v) is 68.5. The summed E-state index contributed by atoms with van der Waals surface area (Å²) in [5, 5.41) is 20.7. The van der Waals surface area contributed by atoms with Crippen LogP contribution in [0.4, 0.5) is 0 Å². The normalized spacial score (nSPS) is 14.8. The van der Waals surface area contributed by atoms with Gasteiger partial charge in [-0.15, -0.1) is 0 Å². The number of hydrogen-bond acceptors (Lipinski definition) is 14. The number of aliphatic hydroxyl groups excluding tert-OH is 2. The maximum atomic E-state index is 13.0. The standard InChI is InChI=1S/C89H148O16P2/c1-4-7-10-13-16-19-22-25-28-31-34-37-39-40-41-42-44-47-48-51-54-57-60-63-66-69-72-75-87(92)99-78-84(90)79-101-106(95,96)102-80-85(91)81-103-107(97,98)104-83-86(105-89(94)77-74-71-68-65-62-59-56-53-50-45-36-33-30-27-24-21-18-15-12-9-6-3)82-100-88(93)76-73-70-67-64-61-58-55-52-49-46-43-38-35-32-29-26-23-20-17-14-11-8-5-2/h7,9-10,12,16-21,25-30,34-38,40-41,45-46,49,53,56,84-86,90-91H,4-6,8,11,13-15,22-24,31-33,39,42-44,47-48,50-52,54-55,57-83H2,1-3H3,(H,95,96)(H,97,98)/b10-7-,12-9-,19-16-,20-17-,21-18-,28-25-,29-26-,30-27-,37-34-,38-35-,41-40-,45-36-,49-46-,56-53-. The van der Waals surface area contributed by atoms with Gasteiger partial charge in [-0.25, -0.2) is 9.13 Å². The molecule has 5 unspecified atom stereocenters. The molecule has 0 aromatic heterocycles. The minimum absolute atomic E-state index is 0.0739. The van der Waals surface area contributed by atoms with Crippen molar-refractivity contribution in [2.75, 3.05) is 39.6 Å². The number of carbonyl (C=O) groups excluding carboxylic acids is 3. The molecule has 16 nitrogen and oxygen atoms in total. The van der Waals surface area contributed by atoms with Crippen molar-refractivity contribution in [3.05, 3.63) is 170 Å². The molecule has 0 aliphatic carbocycles. The van der Waals surface area contributed by atoms with Crippen LogP contribution in [-0.4, -0.2) is 95.9 Å². The predicted octanol–water partition coefficient (Wildman–Crippen LogP) is 24.8. The summed E-state index contributed by atoms with van der Waals surface area (Å²) in [7, 11) is -9.82. The molecule has 0 aliphatic heterocycles. The molecule has 5 atom stereocenters. The Morgan fingerprint density at radius 1 is 0.271 bits per heavy atom. The molecule has 0 rings (SSSR count). The number of hydrogen-bond donors (Lipinski definition) is 4. The molecule has 18 heteroatoms. The fourth-order valence-electron chi connectivity index (χ4n) is 10.7.